The van der Waals surface area contributed by atoms with E-state index in [0.29, 0.717) is 36.2 Å². The molecule has 3 atom stereocenters. The predicted molar refractivity (Wildman–Crippen MR) is 133 cm³/mol. The van der Waals surface area contributed by atoms with Gasteiger partial charge in [-0.1, -0.05) is 55.5 Å². The largest absolute Gasteiger partial charge is 0.394 e. The molecule has 3 unspecified atom stereocenters. The van der Waals surface area contributed by atoms with Gasteiger partial charge in [0.1, 0.15) is 12.1 Å². The molecular formula is C27H31F2N5O3. The van der Waals surface area contributed by atoms with Crippen molar-refractivity contribution in [2.24, 2.45) is 5.92 Å². The number of nitrogens with zero attached hydrogens (tertiary/aromatic N) is 4. The summed E-state index contributed by atoms with van der Waals surface area (Å²) in [5.41, 5.74) is 1.90. The molecule has 1 aliphatic heterocycles. The molecule has 196 valence electrons. The van der Waals surface area contributed by atoms with Crippen LogP contribution in [0.4, 0.5) is 8.78 Å². The Bertz CT molecular complexity index is 1260. The Morgan fingerprint density at radius 2 is 1.89 bits per heavy atom. The second-order valence-electron chi connectivity index (χ2n) is 9.69. The molecule has 2 heterocycles. The van der Waals surface area contributed by atoms with E-state index in [1.807, 2.05) is 13.8 Å². The van der Waals surface area contributed by atoms with E-state index in [2.05, 4.69) is 15.6 Å². The van der Waals surface area contributed by atoms with Crippen LogP contribution in [0.15, 0.2) is 48.7 Å². The summed E-state index contributed by atoms with van der Waals surface area (Å²) >= 11 is 0. The first kappa shape index (κ1) is 26.4. The lowest BCUT2D eigenvalue weighted by molar-refractivity contribution is -0.142. The lowest BCUT2D eigenvalue weighted by atomic mass is 10.00. The fourth-order valence-corrected chi connectivity index (χ4v) is 4.80. The van der Waals surface area contributed by atoms with Gasteiger partial charge < -0.3 is 15.3 Å². The number of aryl methyl sites for hydroxylation is 1. The lowest BCUT2D eigenvalue weighted by Crippen LogP contribution is -2.50. The minimum atomic E-state index is -0.936. The van der Waals surface area contributed by atoms with Crippen LogP contribution in [-0.2, 0) is 9.59 Å². The van der Waals surface area contributed by atoms with Crippen LogP contribution in [0.5, 0.6) is 0 Å². The zero-order chi connectivity index (χ0) is 26.7. The quantitative estimate of drug-likeness (QED) is 0.482. The Morgan fingerprint density at radius 3 is 2.51 bits per heavy atom. The van der Waals surface area contributed by atoms with E-state index < -0.39 is 29.8 Å². The Hall–Kier alpha value is -3.66. The second-order valence-corrected chi connectivity index (χ2v) is 9.69. The molecule has 2 amide bonds. The van der Waals surface area contributed by atoms with E-state index in [4.69, 9.17) is 0 Å². The summed E-state index contributed by atoms with van der Waals surface area (Å²) in [4.78, 5) is 28.4. The molecule has 8 nitrogen and oxygen atoms in total. The highest BCUT2D eigenvalue weighted by Crippen LogP contribution is 2.28. The van der Waals surface area contributed by atoms with E-state index in [1.165, 1.54) is 12.1 Å². The number of hydrogen-bond donors (Lipinski definition) is 2. The molecule has 4 rings (SSSR count). The lowest BCUT2D eigenvalue weighted by Gasteiger charge is -2.30. The maximum absolute atomic E-state index is 14.2. The standard InChI is InChI=1S/C27H31F2N5O3/c1-16(2)25(34-14-17(3)31-32-34)27(37)33-13-5-8-23(33)26(36)30-22(15-35)19-11-9-18(10-12-19)20-6-4-7-21(28)24(20)29/h4,6-7,9-12,14,16,22-23,25,35H,5,8,13,15H2,1-3H3,(H,30,36). The SMILES string of the molecule is Cc1cn(C(C(=O)N2CCCC2C(=O)NC(CO)c2ccc(-c3cccc(F)c3F)cc2)C(C)C)nn1. The minimum Gasteiger partial charge on any atom is -0.394 e. The summed E-state index contributed by atoms with van der Waals surface area (Å²) in [5.74, 6) is -2.49. The van der Waals surface area contributed by atoms with Crippen molar-refractivity contribution >= 4 is 11.8 Å². The van der Waals surface area contributed by atoms with Crippen LogP contribution >= 0.6 is 0 Å². The number of aliphatic hydroxyl groups excluding tert-OH is 1. The second kappa shape index (κ2) is 11.2. The fourth-order valence-electron chi connectivity index (χ4n) is 4.80. The fraction of sp³-hybridized carbons (Fsp3) is 0.407. The number of aliphatic hydroxyl groups is 1. The topological polar surface area (TPSA) is 100 Å². The molecule has 0 radical (unpaired) electrons. The summed E-state index contributed by atoms with van der Waals surface area (Å²) < 4.78 is 29.3. The number of benzene rings is 2. The first-order chi connectivity index (χ1) is 17.7. The average Bonchev–Trinajstić information content (AvgIpc) is 3.54. The minimum absolute atomic E-state index is 0.0652. The number of hydrogen-bond acceptors (Lipinski definition) is 5. The average molecular weight is 512 g/mol. The van der Waals surface area contributed by atoms with Gasteiger partial charge in [-0.3, -0.25) is 9.59 Å². The number of rotatable bonds is 8. The molecule has 37 heavy (non-hydrogen) atoms. The third-order valence-electron chi connectivity index (χ3n) is 6.71. The van der Waals surface area contributed by atoms with Crippen molar-refractivity contribution in [3.63, 3.8) is 0 Å². The van der Waals surface area contributed by atoms with Gasteiger partial charge in [0.05, 0.1) is 18.3 Å². The van der Waals surface area contributed by atoms with Crippen molar-refractivity contribution in [1.29, 1.82) is 0 Å². The zero-order valence-electron chi connectivity index (χ0n) is 21.1. The number of amides is 2. The molecule has 1 fully saturated rings. The summed E-state index contributed by atoms with van der Waals surface area (Å²) in [7, 11) is 0. The molecule has 1 aliphatic rings. The van der Waals surface area contributed by atoms with Crippen molar-refractivity contribution in [2.75, 3.05) is 13.2 Å². The van der Waals surface area contributed by atoms with Gasteiger partial charge in [0.2, 0.25) is 11.8 Å². The number of carbonyl (C=O) groups excluding carboxylic acids is 2. The molecule has 2 aromatic carbocycles. The molecule has 2 N–H and O–H groups in total. The van der Waals surface area contributed by atoms with Crippen LogP contribution in [0.2, 0.25) is 0 Å². The third kappa shape index (κ3) is 5.53. The Morgan fingerprint density at radius 1 is 1.16 bits per heavy atom. The zero-order valence-corrected chi connectivity index (χ0v) is 21.1. The van der Waals surface area contributed by atoms with Crippen LogP contribution in [0.25, 0.3) is 11.1 Å². The number of halogens is 2. The predicted octanol–water partition coefficient (Wildman–Crippen LogP) is 3.57. The smallest absolute Gasteiger partial charge is 0.248 e. The van der Waals surface area contributed by atoms with Crippen LogP contribution in [0.1, 0.15) is 50.0 Å². The maximum atomic E-state index is 14.2. The van der Waals surface area contributed by atoms with Gasteiger partial charge in [0.25, 0.3) is 0 Å². The van der Waals surface area contributed by atoms with Gasteiger partial charge >= 0.3 is 0 Å². The monoisotopic (exact) mass is 511 g/mol. The van der Waals surface area contributed by atoms with Crippen LogP contribution in [0, 0.1) is 24.5 Å². The maximum Gasteiger partial charge on any atom is 0.248 e. The first-order valence-electron chi connectivity index (χ1n) is 12.4. The molecule has 0 bridgehead atoms. The Labute approximate surface area is 214 Å². The summed E-state index contributed by atoms with van der Waals surface area (Å²) in [6, 6.07) is 8.51. The first-order valence-corrected chi connectivity index (χ1v) is 12.4. The van der Waals surface area contributed by atoms with Crippen molar-refractivity contribution < 1.29 is 23.5 Å². The van der Waals surface area contributed by atoms with Gasteiger partial charge in [0, 0.05) is 18.3 Å². The highest BCUT2D eigenvalue weighted by molar-refractivity contribution is 5.90. The molecule has 1 aromatic heterocycles. The van der Waals surface area contributed by atoms with Crippen LogP contribution < -0.4 is 5.32 Å². The van der Waals surface area contributed by atoms with Crippen LogP contribution in [0.3, 0.4) is 0 Å². The Balaban J connectivity index is 1.48. The Kier molecular flexibility index (Phi) is 7.97. The summed E-state index contributed by atoms with van der Waals surface area (Å²) in [6.45, 7) is 5.73. The molecule has 0 aliphatic carbocycles. The highest BCUT2D eigenvalue weighted by Gasteiger charge is 2.39. The van der Waals surface area contributed by atoms with Gasteiger partial charge in [-0.15, -0.1) is 5.10 Å². The van der Waals surface area contributed by atoms with Gasteiger partial charge in [-0.25, -0.2) is 13.5 Å². The van der Waals surface area contributed by atoms with Crippen LogP contribution in [-0.4, -0.2) is 56.0 Å². The molecule has 1 saturated heterocycles. The van der Waals surface area contributed by atoms with E-state index in [-0.39, 0.29) is 29.9 Å². The van der Waals surface area contributed by atoms with E-state index >= 15 is 0 Å². The number of carbonyl (C=O) groups is 2. The molecular weight excluding hydrogens is 480 g/mol. The third-order valence-corrected chi connectivity index (χ3v) is 6.71. The van der Waals surface area contributed by atoms with Crippen molar-refractivity contribution in [3.8, 4) is 11.1 Å². The molecule has 10 heteroatoms. The van der Waals surface area contributed by atoms with Crippen molar-refractivity contribution in [1.82, 2.24) is 25.2 Å². The number of aromatic nitrogens is 3. The number of likely N-dealkylation sites (tertiary alicyclic amines) is 1. The summed E-state index contributed by atoms with van der Waals surface area (Å²) in [5, 5.41) is 20.9. The summed E-state index contributed by atoms with van der Waals surface area (Å²) in [6.07, 6.45) is 2.91. The van der Waals surface area contributed by atoms with Crippen molar-refractivity contribution in [3.05, 3.63) is 71.6 Å². The normalized spacial score (nSPS) is 17.2. The van der Waals surface area contributed by atoms with Gasteiger partial charge in [-0.2, -0.15) is 0 Å². The van der Waals surface area contributed by atoms with Gasteiger partial charge in [-0.05, 0) is 42.9 Å². The van der Waals surface area contributed by atoms with Gasteiger partial charge in [0.15, 0.2) is 11.6 Å². The molecule has 0 saturated carbocycles. The highest BCUT2D eigenvalue weighted by atomic mass is 19.2. The van der Waals surface area contributed by atoms with E-state index in [1.54, 1.807) is 47.0 Å². The molecule has 3 aromatic rings. The molecule has 0 spiro atoms. The van der Waals surface area contributed by atoms with Crippen molar-refractivity contribution in [2.45, 2.75) is 51.7 Å². The number of nitrogens with one attached hydrogen (secondary N) is 1. The van der Waals surface area contributed by atoms with E-state index in [9.17, 15) is 23.5 Å². The van der Waals surface area contributed by atoms with E-state index in [0.717, 1.165) is 6.07 Å².